The fourth-order valence-corrected chi connectivity index (χ4v) is 3.60. The first-order valence-electron chi connectivity index (χ1n) is 5.84. The Balaban J connectivity index is 2.40. The van der Waals surface area contributed by atoms with Gasteiger partial charge >= 0.3 is 0 Å². The van der Waals surface area contributed by atoms with Crippen molar-refractivity contribution >= 4 is 27.7 Å². The van der Waals surface area contributed by atoms with Gasteiger partial charge in [0.2, 0.25) is 0 Å². The zero-order valence-electron chi connectivity index (χ0n) is 10.5. The number of hydrogen-bond acceptors (Lipinski definition) is 2. The monoisotopic (exact) mass is 321 g/mol. The summed E-state index contributed by atoms with van der Waals surface area (Å²) in [5.41, 5.74) is 9.58. The molecule has 0 heterocycles. The summed E-state index contributed by atoms with van der Waals surface area (Å²) in [6, 6.07) is 12.7. The van der Waals surface area contributed by atoms with Crippen molar-refractivity contribution < 1.29 is 0 Å². The second-order valence-electron chi connectivity index (χ2n) is 4.29. The predicted molar refractivity (Wildman–Crippen MR) is 82.1 cm³/mol. The fourth-order valence-electron chi connectivity index (χ4n) is 1.77. The summed E-state index contributed by atoms with van der Waals surface area (Å²) in [6.07, 6.45) is 0. The van der Waals surface area contributed by atoms with E-state index in [1.807, 2.05) is 6.07 Å². The van der Waals surface area contributed by atoms with Crippen LogP contribution in [0.1, 0.15) is 16.7 Å². The van der Waals surface area contributed by atoms with E-state index in [0.29, 0.717) is 6.54 Å². The molecule has 0 unspecified atom stereocenters. The molecule has 0 aliphatic heterocycles. The summed E-state index contributed by atoms with van der Waals surface area (Å²) >= 11 is 5.34. The third kappa shape index (κ3) is 2.97. The molecule has 2 rings (SSSR count). The van der Waals surface area contributed by atoms with Crippen LogP contribution in [0.4, 0.5) is 0 Å². The van der Waals surface area contributed by atoms with E-state index in [2.05, 4.69) is 60.1 Å². The summed E-state index contributed by atoms with van der Waals surface area (Å²) in [7, 11) is 0. The molecule has 0 fully saturated rings. The van der Waals surface area contributed by atoms with Crippen LogP contribution < -0.4 is 5.73 Å². The van der Waals surface area contributed by atoms with Crippen molar-refractivity contribution in [2.45, 2.75) is 30.2 Å². The lowest BCUT2D eigenvalue weighted by molar-refractivity contribution is 1.02. The van der Waals surface area contributed by atoms with Crippen molar-refractivity contribution in [2.24, 2.45) is 5.73 Å². The molecule has 0 radical (unpaired) electrons. The van der Waals surface area contributed by atoms with E-state index in [4.69, 9.17) is 5.73 Å². The molecule has 0 saturated heterocycles. The highest BCUT2D eigenvalue weighted by molar-refractivity contribution is 9.10. The number of hydrogen-bond donors (Lipinski definition) is 1. The molecular weight excluding hydrogens is 306 g/mol. The predicted octanol–water partition coefficient (Wildman–Crippen LogP) is 4.68. The molecule has 0 saturated carbocycles. The molecule has 0 aromatic heterocycles. The van der Waals surface area contributed by atoms with Crippen LogP contribution in [0.15, 0.2) is 50.7 Å². The Morgan fingerprint density at radius 1 is 1.11 bits per heavy atom. The lowest BCUT2D eigenvalue weighted by atomic mass is 10.2. The van der Waals surface area contributed by atoms with Gasteiger partial charge in [-0.05, 0) is 48.7 Å². The van der Waals surface area contributed by atoms with Crippen LogP contribution in [0.2, 0.25) is 0 Å². The third-order valence-electron chi connectivity index (χ3n) is 2.84. The lowest BCUT2D eigenvalue weighted by Crippen LogP contribution is -1.99. The maximum atomic E-state index is 5.83. The smallest absolute Gasteiger partial charge is 0.0231 e. The van der Waals surface area contributed by atoms with Crippen LogP contribution in [-0.2, 0) is 6.54 Å². The molecule has 0 amide bonds. The van der Waals surface area contributed by atoms with Gasteiger partial charge in [0.1, 0.15) is 0 Å². The van der Waals surface area contributed by atoms with E-state index in [1.54, 1.807) is 11.8 Å². The quantitative estimate of drug-likeness (QED) is 0.888. The highest BCUT2D eigenvalue weighted by atomic mass is 79.9. The highest BCUT2D eigenvalue weighted by Gasteiger charge is 2.08. The average Bonchev–Trinajstić information content (AvgIpc) is 2.34. The minimum atomic E-state index is 0.550. The molecule has 0 spiro atoms. The minimum Gasteiger partial charge on any atom is -0.326 e. The number of halogens is 1. The Bertz CT molecular complexity index is 566. The highest BCUT2D eigenvalue weighted by Crippen LogP contribution is 2.35. The van der Waals surface area contributed by atoms with Crippen molar-refractivity contribution in [1.29, 1.82) is 0 Å². The first-order chi connectivity index (χ1) is 8.61. The van der Waals surface area contributed by atoms with Gasteiger partial charge in [-0.2, -0.15) is 0 Å². The number of rotatable bonds is 3. The van der Waals surface area contributed by atoms with Crippen molar-refractivity contribution in [2.75, 3.05) is 0 Å². The van der Waals surface area contributed by atoms with Crippen LogP contribution in [0.3, 0.4) is 0 Å². The molecule has 0 aliphatic carbocycles. The minimum absolute atomic E-state index is 0.550. The normalized spacial score (nSPS) is 10.7. The molecule has 94 valence electrons. The summed E-state index contributed by atoms with van der Waals surface area (Å²) in [5, 5.41) is 0. The van der Waals surface area contributed by atoms with Gasteiger partial charge in [-0.3, -0.25) is 0 Å². The van der Waals surface area contributed by atoms with E-state index < -0.39 is 0 Å². The molecule has 3 heteroatoms. The number of benzene rings is 2. The third-order valence-corrected chi connectivity index (χ3v) is 4.85. The lowest BCUT2D eigenvalue weighted by Gasteiger charge is -2.11. The second kappa shape index (κ2) is 5.91. The van der Waals surface area contributed by atoms with Crippen LogP contribution >= 0.6 is 27.7 Å². The Labute approximate surface area is 121 Å². The fraction of sp³-hybridized carbons (Fsp3) is 0.200. The SMILES string of the molecule is Cc1ccc(C)c(Sc2cccc(Br)c2CN)c1. The zero-order chi connectivity index (χ0) is 13.1. The van der Waals surface area contributed by atoms with E-state index in [1.165, 1.54) is 26.5 Å². The van der Waals surface area contributed by atoms with E-state index >= 15 is 0 Å². The Hall–Kier alpha value is -0.770. The van der Waals surface area contributed by atoms with Gasteiger partial charge in [0.05, 0.1) is 0 Å². The van der Waals surface area contributed by atoms with Gasteiger partial charge in [-0.1, -0.05) is 45.9 Å². The second-order valence-corrected chi connectivity index (χ2v) is 6.23. The van der Waals surface area contributed by atoms with Crippen molar-refractivity contribution in [3.63, 3.8) is 0 Å². The molecule has 0 atom stereocenters. The van der Waals surface area contributed by atoms with Crippen LogP contribution in [0.25, 0.3) is 0 Å². The van der Waals surface area contributed by atoms with Crippen molar-refractivity contribution in [3.8, 4) is 0 Å². The Morgan fingerprint density at radius 2 is 1.89 bits per heavy atom. The summed E-state index contributed by atoms with van der Waals surface area (Å²) in [4.78, 5) is 2.52. The van der Waals surface area contributed by atoms with Gasteiger partial charge < -0.3 is 5.73 Å². The van der Waals surface area contributed by atoms with Gasteiger partial charge in [0.25, 0.3) is 0 Å². The number of nitrogens with two attached hydrogens (primary N) is 1. The summed E-state index contributed by atoms with van der Waals surface area (Å²) in [5.74, 6) is 0. The molecule has 0 bridgehead atoms. The van der Waals surface area contributed by atoms with E-state index in [0.717, 1.165) is 4.47 Å². The average molecular weight is 322 g/mol. The van der Waals surface area contributed by atoms with Crippen LogP contribution in [-0.4, -0.2) is 0 Å². The Morgan fingerprint density at radius 3 is 2.61 bits per heavy atom. The zero-order valence-corrected chi connectivity index (χ0v) is 12.9. The maximum absolute atomic E-state index is 5.83. The molecule has 18 heavy (non-hydrogen) atoms. The standard InChI is InChI=1S/C15H16BrNS/c1-10-6-7-11(2)15(8-10)18-14-5-3-4-13(16)12(14)9-17/h3-8H,9,17H2,1-2H3. The molecule has 2 N–H and O–H groups in total. The molecular formula is C15H16BrNS. The largest absolute Gasteiger partial charge is 0.326 e. The summed E-state index contributed by atoms with van der Waals surface area (Å²) in [6.45, 7) is 4.81. The molecule has 0 aliphatic rings. The van der Waals surface area contributed by atoms with Crippen molar-refractivity contribution in [1.82, 2.24) is 0 Å². The molecule has 2 aromatic rings. The topological polar surface area (TPSA) is 26.0 Å². The maximum Gasteiger partial charge on any atom is 0.0231 e. The molecule has 2 aromatic carbocycles. The van der Waals surface area contributed by atoms with Gasteiger partial charge in [0.15, 0.2) is 0 Å². The summed E-state index contributed by atoms with van der Waals surface area (Å²) < 4.78 is 1.08. The van der Waals surface area contributed by atoms with E-state index in [9.17, 15) is 0 Å². The van der Waals surface area contributed by atoms with Gasteiger partial charge in [-0.25, -0.2) is 0 Å². The van der Waals surface area contributed by atoms with Crippen LogP contribution in [0.5, 0.6) is 0 Å². The van der Waals surface area contributed by atoms with Crippen LogP contribution in [0, 0.1) is 13.8 Å². The van der Waals surface area contributed by atoms with E-state index in [-0.39, 0.29) is 0 Å². The Kier molecular flexibility index (Phi) is 4.49. The van der Waals surface area contributed by atoms with Crippen molar-refractivity contribution in [3.05, 3.63) is 57.6 Å². The number of aryl methyl sites for hydroxylation is 2. The first kappa shape index (κ1) is 13.7. The first-order valence-corrected chi connectivity index (χ1v) is 7.45. The molecule has 1 nitrogen and oxygen atoms in total. The van der Waals surface area contributed by atoms with Gasteiger partial charge in [0, 0.05) is 20.8 Å². The van der Waals surface area contributed by atoms with Gasteiger partial charge in [-0.15, -0.1) is 0 Å².